The minimum Gasteiger partial charge on any atom is -0.368 e. The number of carbonyl (C=O) groups is 1. The minimum atomic E-state index is -4.47. The Kier molecular flexibility index (Phi) is 7.48. The number of morpholine rings is 1. The fourth-order valence-electron chi connectivity index (χ4n) is 4.50. The number of hydrogen-bond donors (Lipinski definition) is 3. The number of rotatable bonds is 6. The van der Waals surface area contributed by atoms with Crippen LogP contribution in [0.25, 0.3) is 0 Å². The molecule has 2 unspecified atom stereocenters. The number of halogens is 4. The Hall–Kier alpha value is -2.57. The SMILES string of the molecule is Nc1nc(N2CCC(N3CC(C(=O)NCC(F)(F)F)OCC3Cc3ccc(Cl)cc3)CC2)n[nH]1. The lowest BCUT2D eigenvalue weighted by Gasteiger charge is -2.46. The monoisotopic (exact) mass is 501 g/mol. The lowest BCUT2D eigenvalue weighted by Crippen LogP contribution is -2.60. The zero-order chi connectivity index (χ0) is 24.3. The molecule has 1 aromatic carbocycles. The van der Waals surface area contributed by atoms with E-state index in [1.807, 2.05) is 34.5 Å². The molecule has 0 saturated carbocycles. The highest BCUT2D eigenvalue weighted by Gasteiger charge is 2.39. The number of nitrogens with zero attached hydrogens (tertiary/aromatic N) is 4. The normalized spacial score (nSPS) is 22.6. The Morgan fingerprint density at radius 3 is 2.59 bits per heavy atom. The van der Waals surface area contributed by atoms with Gasteiger partial charge in [-0.1, -0.05) is 23.7 Å². The molecular formula is C21H27ClF3N7O2. The number of benzene rings is 1. The van der Waals surface area contributed by atoms with Gasteiger partial charge in [0.1, 0.15) is 12.6 Å². The topological polar surface area (TPSA) is 112 Å². The summed E-state index contributed by atoms with van der Waals surface area (Å²) < 4.78 is 43.4. The first kappa shape index (κ1) is 24.6. The molecule has 2 aliphatic rings. The Morgan fingerprint density at radius 2 is 1.97 bits per heavy atom. The van der Waals surface area contributed by atoms with Crippen LogP contribution in [0.3, 0.4) is 0 Å². The van der Waals surface area contributed by atoms with Crippen LogP contribution >= 0.6 is 11.6 Å². The van der Waals surface area contributed by atoms with E-state index in [9.17, 15) is 18.0 Å². The minimum absolute atomic E-state index is 0.0245. The second-order valence-electron chi connectivity index (χ2n) is 8.58. The average Bonchev–Trinajstić information content (AvgIpc) is 3.25. The molecule has 2 atom stereocenters. The molecular weight excluding hydrogens is 475 g/mol. The summed E-state index contributed by atoms with van der Waals surface area (Å²) >= 11 is 6.00. The van der Waals surface area contributed by atoms with Gasteiger partial charge in [-0.05, 0) is 37.0 Å². The van der Waals surface area contributed by atoms with E-state index in [0.29, 0.717) is 30.5 Å². The van der Waals surface area contributed by atoms with E-state index in [1.54, 1.807) is 0 Å². The molecule has 2 aromatic rings. The van der Waals surface area contributed by atoms with Crippen molar-refractivity contribution in [1.82, 2.24) is 25.4 Å². The van der Waals surface area contributed by atoms with E-state index in [-0.39, 0.29) is 31.2 Å². The number of carbonyl (C=O) groups excluding carboxylic acids is 1. The van der Waals surface area contributed by atoms with Crippen LogP contribution < -0.4 is 16.0 Å². The number of hydrogen-bond acceptors (Lipinski definition) is 7. The first-order valence-electron chi connectivity index (χ1n) is 11.1. The van der Waals surface area contributed by atoms with E-state index in [2.05, 4.69) is 20.1 Å². The van der Waals surface area contributed by atoms with Crippen LogP contribution in [0.5, 0.6) is 0 Å². The maximum absolute atomic E-state index is 12.6. The van der Waals surface area contributed by atoms with Gasteiger partial charge in [-0.15, -0.1) is 5.10 Å². The van der Waals surface area contributed by atoms with Crippen molar-refractivity contribution in [2.45, 2.75) is 43.6 Å². The molecule has 4 rings (SSSR count). The summed E-state index contributed by atoms with van der Waals surface area (Å²) in [5.74, 6) is 0.0435. The number of ether oxygens (including phenoxy) is 1. The highest BCUT2D eigenvalue weighted by Crippen LogP contribution is 2.27. The molecule has 4 N–H and O–H groups in total. The van der Waals surface area contributed by atoms with E-state index < -0.39 is 24.7 Å². The summed E-state index contributed by atoms with van der Waals surface area (Å²) in [4.78, 5) is 20.8. The standard InChI is InChI=1S/C21H27ClF3N7O2/c22-14-3-1-13(2-4-14)9-16-11-34-17(18(33)27-12-21(23,24)25)10-32(16)15-5-7-31(8-6-15)20-28-19(26)29-30-20/h1-4,15-17H,5-12H2,(H,27,33)(H3,26,28,29,30). The van der Waals surface area contributed by atoms with Crippen LogP contribution in [0.2, 0.25) is 5.02 Å². The zero-order valence-electron chi connectivity index (χ0n) is 18.4. The molecule has 2 fully saturated rings. The van der Waals surface area contributed by atoms with Crippen LogP contribution in [0, 0.1) is 0 Å². The molecule has 0 bridgehead atoms. The predicted octanol–water partition coefficient (Wildman–Crippen LogP) is 2.00. The number of amides is 1. The fraction of sp³-hybridized carbons (Fsp3) is 0.571. The highest BCUT2D eigenvalue weighted by atomic mass is 35.5. The van der Waals surface area contributed by atoms with Gasteiger partial charge in [0, 0.05) is 36.7 Å². The van der Waals surface area contributed by atoms with Crippen molar-refractivity contribution in [2.75, 3.05) is 43.4 Å². The molecule has 34 heavy (non-hydrogen) atoms. The van der Waals surface area contributed by atoms with Crippen LogP contribution in [0.4, 0.5) is 25.1 Å². The van der Waals surface area contributed by atoms with E-state index in [0.717, 1.165) is 18.4 Å². The number of H-pyrrole nitrogens is 1. The maximum atomic E-state index is 12.6. The van der Waals surface area contributed by atoms with Gasteiger partial charge in [-0.2, -0.15) is 18.2 Å². The summed E-state index contributed by atoms with van der Waals surface area (Å²) in [5, 5.41) is 9.33. The molecule has 9 nitrogen and oxygen atoms in total. The molecule has 13 heteroatoms. The van der Waals surface area contributed by atoms with Gasteiger partial charge in [-0.3, -0.25) is 9.69 Å². The molecule has 186 valence electrons. The van der Waals surface area contributed by atoms with Crippen molar-refractivity contribution in [2.24, 2.45) is 0 Å². The molecule has 0 spiro atoms. The summed E-state index contributed by atoms with van der Waals surface area (Å²) in [6.45, 7) is 0.471. The first-order valence-corrected chi connectivity index (χ1v) is 11.4. The third-order valence-electron chi connectivity index (χ3n) is 6.18. The summed E-state index contributed by atoms with van der Waals surface area (Å²) in [5.41, 5.74) is 6.70. The van der Waals surface area contributed by atoms with Gasteiger partial charge in [0.15, 0.2) is 0 Å². The lowest BCUT2D eigenvalue weighted by molar-refractivity contribution is -0.154. The molecule has 0 aliphatic carbocycles. The number of nitrogen functional groups attached to an aromatic ring is 1. The zero-order valence-corrected chi connectivity index (χ0v) is 19.1. The summed E-state index contributed by atoms with van der Waals surface area (Å²) in [6.07, 6.45) is -3.21. The van der Waals surface area contributed by atoms with Crippen LogP contribution in [-0.2, 0) is 16.0 Å². The smallest absolute Gasteiger partial charge is 0.368 e. The van der Waals surface area contributed by atoms with Gasteiger partial charge in [0.25, 0.3) is 5.91 Å². The Labute approximate surface area is 199 Å². The van der Waals surface area contributed by atoms with Crippen molar-refractivity contribution < 1.29 is 22.7 Å². The van der Waals surface area contributed by atoms with Gasteiger partial charge in [0.2, 0.25) is 11.9 Å². The van der Waals surface area contributed by atoms with Gasteiger partial charge < -0.3 is 20.7 Å². The van der Waals surface area contributed by atoms with Crippen LogP contribution in [-0.4, -0.2) is 83.1 Å². The second-order valence-corrected chi connectivity index (χ2v) is 9.01. The molecule has 1 aromatic heterocycles. The number of aromatic amines is 1. The third-order valence-corrected chi connectivity index (χ3v) is 6.43. The average molecular weight is 502 g/mol. The largest absolute Gasteiger partial charge is 0.405 e. The Balaban J connectivity index is 1.44. The van der Waals surface area contributed by atoms with Crippen molar-refractivity contribution in [1.29, 1.82) is 0 Å². The number of nitrogens with two attached hydrogens (primary N) is 1. The number of aromatic nitrogens is 3. The van der Waals surface area contributed by atoms with Crippen LogP contribution in [0.15, 0.2) is 24.3 Å². The number of alkyl halides is 3. The molecule has 3 heterocycles. The van der Waals surface area contributed by atoms with Crippen molar-refractivity contribution in [3.63, 3.8) is 0 Å². The molecule has 2 aliphatic heterocycles. The van der Waals surface area contributed by atoms with E-state index in [4.69, 9.17) is 22.1 Å². The first-order chi connectivity index (χ1) is 16.2. The van der Waals surface area contributed by atoms with E-state index in [1.165, 1.54) is 0 Å². The van der Waals surface area contributed by atoms with Crippen molar-refractivity contribution in [3.8, 4) is 0 Å². The van der Waals surface area contributed by atoms with Gasteiger partial charge in [-0.25, -0.2) is 5.10 Å². The quantitative estimate of drug-likeness (QED) is 0.555. The summed E-state index contributed by atoms with van der Waals surface area (Å²) in [7, 11) is 0. The Bertz CT molecular complexity index is 964. The fourth-order valence-corrected chi connectivity index (χ4v) is 4.62. The second kappa shape index (κ2) is 10.4. The van der Waals surface area contributed by atoms with Crippen molar-refractivity contribution in [3.05, 3.63) is 34.9 Å². The molecule has 1 amide bonds. The third kappa shape index (κ3) is 6.30. The van der Waals surface area contributed by atoms with E-state index >= 15 is 0 Å². The van der Waals surface area contributed by atoms with Crippen molar-refractivity contribution >= 4 is 29.4 Å². The highest BCUT2D eigenvalue weighted by molar-refractivity contribution is 6.30. The number of nitrogens with one attached hydrogen (secondary N) is 2. The van der Waals surface area contributed by atoms with Crippen LogP contribution in [0.1, 0.15) is 18.4 Å². The summed E-state index contributed by atoms with van der Waals surface area (Å²) in [6, 6.07) is 7.63. The maximum Gasteiger partial charge on any atom is 0.405 e. The van der Waals surface area contributed by atoms with Gasteiger partial charge >= 0.3 is 6.18 Å². The number of anilines is 2. The Morgan fingerprint density at radius 1 is 1.26 bits per heavy atom. The predicted molar refractivity (Wildman–Crippen MR) is 120 cm³/mol. The lowest BCUT2D eigenvalue weighted by atomic mass is 9.96. The molecule has 2 saturated heterocycles. The van der Waals surface area contributed by atoms with Gasteiger partial charge in [0.05, 0.1) is 6.61 Å². The number of piperidine rings is 1. The molecule has 0 radical (unpaired) electrons.